The van der Waals surface area contributed by atoms with Crippen LogP contribution in [0.4, 0.5) is 0 Å². The van der Waals surface area contributed by atoms with Gasteiger partial charge in [-0.2, -0.15) is 0 Å². The van der Waals surface area contributed by atoms with Crippen LogP contribution < -0.4 is 10.5 Å². The summed E-state index contributed by atoms with van der Waals surface area (Å²) in [6, 6.07) is 13.3. The second-order valence-electron chi connectivity index (χ2n) is 7.27. The van der Waals surface area contributed by atoms with E-state index in [1.165, 1.54) is 12.1 Å². The number of aromatic nitrogens is 1. The number of primary sulfonamides is 1. The van der Waals surface area contributed by atoms with Gasteiger partial charge in [0.2, 0.25) is 15.9 Å². The second kappa shape index (κ2) is 8.74. The van der Waals surface area contributed by atoms with Crippen LogP contribution in [0, 0.1) is 0 Å². The number of H-pyrrole nitrogens is 1. The van der Waals surface area contributed by atoms with Crippen molar-refractivity contribution in [2.24, 2.45) is 5.14 Å². The maximum Gasteiger partial charge on any atom is 0.257 e. The molecular formula is C21H22N4O4S2. The molecule has 0 saturated carbocycles. The van der Waals surface area contributed by atoms with Crippen LogP contribution in [0.2, 0.25) is 0 Å². The Bertz CT molecular complexity index is 1220. The van der Waals surface area contributed by atoms with Crippen LogP contribution in [0.25, 0.3) is 10.9 Å². The minimum absolute atomic E-state index is 0.0506. The smallest absolute Gasteiger partial charge is 0.257 e. The van der Waals surface area contributed by atoms with Crippen molar-refractivity contribution in [2.75, 3.05) is 18.2 Å². The molecule has 0 radical (unpaired) electrons. The first-order chi connectivity index (χ1) is 14.8. The summed E-state index contributed by atoms with van der Waals surface area (Å²) in [6.45, 7) is 0.379. The number of rotatable bonds is 6. The highest BCUT2D eigenvalue weighted by atomic mass is 32.2. The van der Waals surface area contributed by atoms with Crippen molar-refractivity contribution in [2.45, 2.75) is 17.4 Å². The Morgan fingerprint density at radius 2 is 1.90 bits per heavy atom. The number of nitrogens with zero attached hydrogens (tertiary/aromatic N) is 1. The third kappa shape index (κ3) is 4.60. The van der Waals surface area contributed by atoms with Crippen molar-refractivity contribution >= 4 is 44.5 Å². The standard InChI is InChI=1S/C21H22N4O4S2/c22-31(28,29)15-7-5-14(6-8-15)9-10-23-20(26)19-12-30-13-25(19)21(27)17-11-24-18-4-2-1-3-16(17)18/h1-8,11,19,24H,9-10,12-13H2,(H,23,26)(H2,22,28,29). The van der Waals surface area contributed by atoms with Crippen LogP contribution in [-0.4, -0.2) is 54.3 Å². The highest BCUT2D eigenvalue weighted by molar-refractivity contribution is 7.99. The monoisotopic (exact) mass is 458 g/mol. The van der Waals surface area contributed by atoms with Crippen molar-refractivity contribution in [3.05, 3.63) is 65.9 Å². The zero-order valence-electron chi connectivity index (χ0n) is 16.6. The third-order valence-electron chi connectivity index (χ3n) is 5.23. The molecule has 1 unspecified atom stereocenters. The van der Waals surface area contributed by atoms with Crippen LogP contribution >= 0.6 is 11.8 Å². The molecule has 3 aromatic rings. The molecule has 0 aliphatic carbocycles. The van der Waals surface area contributed by atoms with Gasteiger partial charge in [0.1, 0.15) is 6.04 Å². The fraction of sp³-hybridized carbons (Fsp3) is 0.238. The average molecular weight is 459 g/mol. The molecule has 0 bridgehead atoms. The first-order valence-corrected chi connectivity index (χ1v) is 12.4. The number of nitrogens with one attached hydrogen (secondary N) is 2. The molecule has 2 heterocycles. The lowest BCUT2D eigenvalue weighted by Crippen LogP contribution is -2.47. The average Bonchev–Trinajstić information content (AvgIpc) is 3.40. The molecule has 2 aromatic carbocycles. The van der Waals surface area contributed by atoms with E-state index in [0.717, 1.165) is 16.5 Å². The van der Waals surface area contributed by atoms with Crippen molar-refractivity contribution in [1.82, 2.24) is 15.2 Å². The summed E-state index contributed by atoms with van der Waals surface area (Å²) in [5.74, 6) is 0.648. The van der Waals surface area contributed by atoms with Crippen LogP contribution in [0.15, 0.2) is 59.6 Å². The van der Waals surface area contributed by atoms with Gasteiger partial charge in [0, 0.05) is 29.4 Å². The summed E-state index contributed by atoms with van der Waals surface area (Å²) >= 11 is 1.55. The Labute approximate surface area is 184 Å². The molecule has 0 spiro atoms. The molecular weight excluding hydrogens is 436 g/mol. The topological polar surface area (TPSA) is 125 Å². The number of benzene rings is 2. The fourth-order valence-electron chi connectivity index (χ4n) is 3.56. The van der Waals surface area contributed by atoms with Crippen LogP contribution in [0.3, 0.4) is 0 Å². The summed E-state index contributed by atoms with van der Waals surface area (Å²) in [4.78, 5) is 30.6. The number of thioether (sulfide) groups is 1. The van der Waals surface area contributed by atoms with Gasteiger partial charge in [-0.1, -0.05) is 30.3 Å². The highest BCUT2D eigenvalue weighted by Crippen LogP contribution is 2.26. The summed E-state index contributed by atoms with van der Waals surface area (Å²) in [5.41, 5.74) is 2.32. The number of hydrogen-bond donors (Lipinski definition) is 3. The summed E-state index contributed by atoms with van der Waals surface area (Å²) in [6.07, 6.45) is 2.23. The molecule has 1 saturated heterocycles. The maximum atomic E-state index is 13.1. The van der Waals surface area contributed by atoms with Gasteiger partial charge in [-0.3, -0.25) is 9.59 Å². The number of carbonyl (C=O) groups excluding carboxylic acids is 2. The quantitative estimate of drug-likeness (QED) is 0.518. The molecule has 2 amide bonds. The number of nitrogens with two attached hydrogens (primary N) is 1. The molecule has 31 heavy (non-hydrogen) atoms. The summed E-state index contributed by atoms with van der Waals surface area (Å²) in [5, 5.41) is 8.83. The van der Waals surface area contributed by atoms with E-state index in [9.17, 15) is 18.0 Å². The van der Waals surface area contributed by atoms with E-state index in [1.807, 2.05) is 24.3 Å². The van der Waals surface area contributed by atoms with Gasteiger partial charge in [-0.05, 0) is 30.2 Å². The Kier molecular flexibility index (Phi) is 6.03. The van der Waals surface area contributed by atoms with Gasteiger partial charge < -0.3 is 15.2 Å². The van der Waals surface area contributed by atoms with E-state index in [2.05, 4.69) is 10.3 Å². The first kappa shape index (κ1) is 21.4. The molecule has 1 fully saturated rings. The van der Waals surface area contributed by atoms with Crippen LogP contribution in [0.5, 0.6) is 0 Å². The Hall–Kier alpha value is -2.82. The summed E-state index contributed by atoms with van der Waals surface area (Å²) < 4.78 is 22.6. The van der Waals surface area contributed by atoms with Gasteiger partial charge >= 0.3 is 0 Å². The van der Waals surface area contributed by atoms with Gasteiger partial charge in [-0.25, -0.2) is 13.6 Å². The number of fused-ring (bicyclic) bond motifs is 1. The lowest BCUT2D eigenvalue weighted by Gasteiger charge is -2.23. The Morgan fingerprint density at radius 1 is 1.16 bits per heavy atom. The number of sulfonamides is 1. The number of aromatic amines is 1. The van der Waals surface area contributed by atoms with E-state index >= 15 is 0 Å². The molecule has 1 atom stereocenters. The number of hydrogen-bond acceptors (Lipinski definition) is 5. The Balaban J connectivity index is 1.37. The largest absolute Gasteiger partial charge is 0.360 e. The second-order valence-corrected chi connectivity index (χ2v) is 9.83. The fourth-order valence-corrected chi connectivity index (χ4v) is 5.23. The van der Waals surface area contributed by atoms with Gasteiger partial charge in [0.25, 0.3) is 5.91 Å². The van der Waals surface area contributed by atoms with E-state index in [4.69, 9.17) is 5.14 Å². The SMILES string of the molecule is NS(=O)(=O)c1ccc(CCNC(=O)C2CSCN2C(=O)c2c[nH]c3ccccc23)cc1. The van der Waals surface area contributed by atoms with Gasteiger partial charge in [-0.15, -0.1) is 11.8 Å². The van der Waals surface area contributed by atoms with E-state index < -0.39 is 16.1 Å². The number of carbonyl (C=O) groups is 2. The molecule has 4 N–H and O–H groups in total. The van der Waals surface area contributed by atoms with E-state index in [0.29, 0.717) is 30.2 Å². The highest BCUT2D eigenvalue weighted by Gasteiger charge is 2.35. The lowest BCUT2D eigenvalue weighted by atomic mass is 10.1. The lowest BCUT2D eigenvalue weighted by molar-refractivity contribution is -0.124. The van der Waals surface area contributed by atoms with E-state index in [-0.39, 0.29) is 16.7 Å². The number of amides is 2. The molecule has 1 aromatic heterocycles. The normalized spacial score (nSPS) is 16.5. The molecule has 1 aliphatic heterocycles. The number of para-hydroxylation sites is 1. The predicted octanol–water partition coefficient (Wildman–Crippen LogP) is 1.69. The van der Waals surface area contributed by atoms with Crippen molar-refractivity contribution in [3.8, 4) is 0 Å². The predicted molar refractivity (Wildman–Crippen MR) is 120 cm³/mol. The van der Waals surface area contributed by atoms with Crippen LogP contribution in [-0.2, 0) is 21.2 Å². The Morgan fingerprint density at radius 3 is 2.65 bits per heavy atom. The third-order valence-corrected chi connectivity index (χ3v) is 7.17. The molecule has 8 nitrogen and oxygen atoms in total. The zero-order valence-corrected chi connectivity index (χ0v) is 18.2. The molecule has 4 rings (SSSR count). The van der Waals surface area contributed by atoms with E-state index in [1.54, 1.807) is 35.0 Å². The van der Waals surface area contributed by atoms with Gasteiger partial charge in [0.05, 0.1) is 16.3 Å². The minimum atomic E-state index is -3.72. The van der Waals surface area contributed by atoms with Crippen molar-refractivity contribution < 1.29 is 18.0 Å². The van der Waals surface area contributed by atoms with Crippen LogP contribution in [0.1, 0.15) is 15.9 Å². The van der Waals surface area contributed by atoms with Gasteiger partial charge in [0.15, 0.2) is 0 Å². The minimum Gasteiger partial charge on any atom is -0.360 e. The first-order valence-electron chi connectivity index (χ1n) is 9.69. The molecule has 1 aliphatic rings. The zero-order chi connectivity index (χ0) is 22.0. The maximum absolute atomic E-state index is 13.1. The van der Waals surface area contributed by atoms with Crippen molar-refractivity contribution in [1.29, 1.82) is 0 Å². The molecule has 162 valence electrons. The molecule has 10 heteroatoms. The summed E-state index contributed by atoms with van der Waals surface area (Å²) in [7, 11) is -3.72. The van der Waals surface area contributed by atoms with Crippen molar-refractivity contribution in [3.63, 3.8) is 0 Å².